The Bertz CT molecular complexity index is 371. The van der Waals surface area contributed by atoms with Crippen LogP contribution in [0.3, 0.4) is 0 Å². The first-order valence-corrected chi connectivity index (χ1v) is 6.55. The Morgan fingerprint density at radius 2 is 2.11 bits per heavy atom. The van der Waals surface area contributed by atoms with Crippen LogP contribution in [0.2, 0.25) is 5.02 Å². The Morgan fingerprint density at radius 3 is 2.67 bits per heavy atom. The van der Waals surface area contributed by atoms with Crippen molar-refractivity contribution in [2.24, 2.45) is 0 Å². The molecular weight excluding hydrogens is 252 g/mol. The van der Waals surface area contributed by atoms with E-state index in [4.69, 9.17) is 22.1 Å². The number of methoxy groups -OCH3 is 1. The first-order chi connectivity index (χ1) is 8.63. The van der Waals surface area contributed by atoms with E-state index in [0.29, 0.717) is 23.5 Å². The molecule has 0 unspecified atom stereocenters. The van der Waals surface area contributed by atoms with Gasteiger partial charge in [-0.1, -0.05) is 25.4 Å². The third-order valence-corrected chi connectivity index (χ3v) is 3.20. The topological polar surface area (TPSA) is 64.3 Å². The normalized spacial score (nSPS) is 10.9. The second kappa shape index (κ2) is 7.38. The lowest BCUT2D eigenvalue weighted by molar-refractivity contribution is 0.202. The second-order valence-corrected chi connectivity index (χ2v) is 4.46. The van der Waals surface area contributed by atoms with Gasteiger partial charge in [-0.15, -0.1) is 0 Å². The maximum atomic E-state index is 6.16. The quantitative estimate of drug-likeness (QED) is 0.825. The molecule has 0 radical (unpaired) electrons. The lowest BCUT2D eigenvalue weighted by Crippen LogP contribution is -2.38. The van der Waals surface area contributed by atoms with Gasteiger partial charge >= 0.3 is 0 Å². The average molecular weight is 273 g/mol. The van der Waals surface area contributed by atoms with Crippen molar-refractivity contribution in [1.82, 2.24) is 9.97 Å². The van der Waals surface area contributed by atoms with Gasteiger partial charge in [-0.2, -0.15) is 4.98 Å². The molecule has 6 heteroatoms. The minimum absolute atomic E-state index is 0.239. The molecular formula is C12H21ClN4O. The maximum Gasteiger partial charge on any atom is 0.222 e. The van der Waals surface area contributed by atoms with E-state index in [2.05, 4.69) is 28.7 Å². The highest BCUT2D eigenvalue weighted by molar-refractivity contribution is 6.32. The number of nitrogen functional groups attached to an aromatic ring is 1. The van der Waals surface area contributed by atoms with Crippen LogP contribution in [0.5, 0.6) is 0 Å². The highest BCUT2D eigenvalue weighted by Gasteiger charge is 2.19. The van der Waals surface area contributed by atoms with Gasteiger partial charge < -0.3 is 15.4 Å². The molecule has 0 atom stereocenters. The number of anilines is 2. The van der Waals surface area contributed by atoms with E-state index in [9.17, 15) is 0 Å². The van der Waals surface area contributed by atoms with Crippen molar-refractivity contribution in [3.8, 4) is 0 Å². The Morgan fingerprint density at radius 1 is 1.44 bits per heavy atom. The predicted molar refractivity (Wildman–Crippen MR) is 75.0 cm³/mol. The third-order valence-electron chi connectivity index (χ3n) is 2.94. The van der Waals surface area contributed by atoms with Crippen LogP contribution in [0, 0.1) is 0 Å². The van der Waals surface area contributed by atoms with Crippen molar-refractivity contribution in [3.05, 3.63) is 11.2 Å². The average Bonchev–Trinajstić information content (AvgIpc) is 2.38. The summed E-state index contributed by atoms with van der Waals surface area (Å²) in [5, 5.41) is 0.521. The summed E-state index contributed by atoms with van der Waals surface area (Å²) in [6.07, 6.45) is 3.57. The van der Waals surface area contributed by atoms with Gasteiger partial charge in [0.2, 0.25) is 5.95 Å². The highest BCUT2D eigenvalue weighted by Crippen LogP contribution is 2.26. The fraction of sp³-hybridized carbons (Fsp3) is 0.667. The van der Waals surface area contributed by atoms with Crippen LogP contribution >= 0.6 is 11.6 Å². The largest absolute Gasteiger partial charge is 0.383 e. The van der Waals surface area contributed by atoms with Gasteiger partial charge in [0.1, 0.15) is 5.02 Å². The van der Waals surface area contributed by atoms with E-state index >= 15 is 0 Å². The lowest BCUT2D eigenvalue weighted by atomic mass is 10.1. The summed E-state index contributed by atoms with van der Waals surface area (Å²) in [5.41, 5.74) is 5.64. The number of hydrogen-bond acceptors (Lipinski definition) is 5. The molecule has 0 aliphatic carbocycles. The van der Waals surface area contributed by atoms with Gasteiger partial charge in [0.15, 0.2) is 5.82 Å². The molecule has 0 fully saturated rings. The van der Waals surface area contributed by atoms with Crippen molar-refractivity contribution >= 4 is 23.4 Å². The zero-order chi connectivity index (χ0) is 13.5. The molecule has 0 spiro atoms. The number of hydrogen-bond donors (Lipinski definition) is 1. The van der Waals surface area contributed by atoms with E-state index in [1.807, 2.05) is 0 Å². The van der Waals surface area contributed by atoms with Crippen LogP contribution in [0.15, 0.2) is 6.20 Å². The lowest BCUT2D eigenvalue weighted by Gasteiger charge is -2.32. The molecule has 1 rings (SSSR count). The van der Waals surface area contributed by atoms with E-state index in [1.165, 1.54) is 0 Å². The molecule has 0 saturated carbocycles. The number of rotatable bonds is 7. The molecule has 0 aromatic carbocycles. The molecule has 5 nitrogen and oxygen atoms in total. The zero-order valence-corrected chi connectivity index (χ0v) is 11.9. The molecule has 0 saturated heterocycles. The van der Waals surface area contributed by atoms with Crippen molar-refractivity contribution < 1.29 is 4.74 Å². The van der Waals surface area contributed by atoms with E-state index < -0.39 is 0 Å². The van der Waals surface area contributed by atoms with Crippen LogP contribution in [0.1, 0.15) is 26.7 Å². The van der Waals surface area contributed by atoms with Gasteiger partial charge in [0.25, 0.3) is 0 Å². The fourth-order valence-corrected chi connectivity index (χ4v) is 2.15. The Labute approximate surface area is 113 Å². The van der Waals surface area contributed by atoms with Crippen LogP contribution < -0.4 is 10.6 Å². The van der Waals surface area contributed by atoms with Crippen molar-refractivity contribution in [1.29, 1.82) is 0 Å². The number of aromatic nitrogens is 2. The fourth-order valence-electron chi connectivity index (χ4n) is 1.95. The van der Waals surface area contributed by atoms with Gasteiger partial charge in [0.05, 0.1) is 12.8 Å². The minimum atomic E-state index is 0.239. The molecule has 0 aliphatic rings. The molecule has 0 bridgehead atoms. The molecule has 1 aromatic heterocycles. The number of nitrogens with two attached hydrogens (primary N) is 1. The maximum absolute atomic E-state index is 6.16. The van der Waals surface area contributed by atoms with Crippen molar-refractivity contribution in [2.75, 3.05) is 30.9 Å². The monoisotopic (exact) mass is 272 g/mol. The summed E-state index contributed by atoms with van der Waals surface area (Å²) in [4.78, 5) is 10.3. The smallest absolute Gasteiger partial charge is 0.222 e. The molecule has 18 heavy (non-hydrogen) atoms. The van der Waals surface area contributed by atoms with Gasteiger partial charge in [-0.3, -0.25) is 0 Å². The molecule has 0 aliphatic heterocycles. The van der Waals surface area contributed by atoms with Gasteiger partial charge in [-0.05, 0) is 12.8 Å². The van der Waals surface area contributed by atoms with Crippen molar-refractivity contribution in [3.63, 3.8) is 0 Å². The SMILES string of the molecule is CCC(CC)N(CCOC)c1nc(N)ncc1Cl. The summed E-state index contributed by atoms with van der Waals surface area (Å²) in [7, 11) is 1.68. The third kappa shape index (κ3) is 3.71. The van der Waals surface area contributed by atoms with Crippen molar-refractivity contribution in [2.45, 2.75) is 32.7 Å². The Balaban J connectivity index is 3.03. The molecule has 0 amide bonds. The number of ether oxygens (including phenoxy) is 1. The Hall–Kier alpha value is -1.07. The zero-order valence-electron chi connectivity index (χ0n) is 11.2. The van der Waals surface area contributed by atoms with E-state index in [1.54, 1.807) is 13.3 Å². The van der Waals surface area contributed by atoms with E-state index in [0.717, 1.165) is 19.4 Å². The molecule has 102 valence electrons. The molecule has 2 N–H and O–H groups in total. The van der Waals surface area contributed by atoms with E-state index in [-0.39, 0.29) is 5.95 Å². The van der Waals surface area contributed by atoms with Gasteiger partial charge in [-0.25, -0.2) is 4.98 Å². The standard InChI is InChI=1S/C12H21ClN4O/c1-4-9(5-2)17(6-7-18-3)11-10(13)8-15-12(14)16-11/h8-9H,4-7H2,1-3H3,(H2,14,15,16). The summed E-state index contributed by atoms with van der Waals surface area (Å²) in [6, 6.07) is 0.368. The number of halogens is 1. The van der Waals surface area contributed by atoms with Crippen LogP contribution in [0.4, 0.5) is 11.8 Å². The second-order valence-electron chi connectivity index (χ2n) is 4.06. The predicted octanol–water partition coefficient (Wildman–Crippen LogP) is 2.35. The Kier molecular flexibility index (Phi) is 6.15. The summed E-state index contributed by atoms with van der Waals surface area (Å²) >= 11 is 6.16. The summed E-state index contributed by atoms with van der Waals surface area (Å²) in [6.45, 7) is 5.65. The highest BCUT2D eigenvalue weighted by atomic mass is 35.5. The first kappa shape index (κ1) is 15.0. The van der Waals surface area contributed by atoms with Crippen LogP contribution in [0.25, 0.3) is 0 Å². The number of nitrogens with zero attached hydrogens (tertiary/aromatic N) is 3. The first-order valence-electron chi connectivity index (χ1n) is 6.17. The summed E-state index contributed by atoms with van der Waals surface area (Å²) < 4.78 is 5.14. The molecule has 1 heterocycles. The van der Waals surface area contributed by atoms with Crippen LogP contribution in [-0.4, -0.2) is 36.3 Å². The van der Waals surface area contributed by atoms with Crippen LogP contribution in [-0.2, 0) is 4.74 Å². The van der Waals surface area contributed by atoms with Gasteiger partial charge in [0, 0.05) is 19.7 Å². The molecule has 1 aromatic rings. The summed E-state index contributed by atoms with van der Waals surface area (Å²) in [5.74, 6) is 0.928. The minimum Gasteiger partial charge on any atom is -0.383 e.